The average molecular weight is 311 g/mol. The normalized spacial score (nSPS) is 18.7. The van der Waals surface area contributed by atoms with Crippen molar-refractivity contribution in [2.75, 3.05) is 18.0 Å². The molecule has 7 heteroatoms. The first-order valence-corrected chi connectivity index (χ1v) is 6.99. The van der Waals surface area contributed by atoms with Crippen molar-refractivity contribution in [3.8, 4) is 0 Å². The Morgan fingerprint density at radius 2 is 2.14 bits per heavy atom. The summed E-state index contributed by atoms with van der Waals surface area (Å²) < 4.78 is 26.7. The Morgan fingerprint density at radius 3 is 2.73 bits per heavy atom. The summed E-state index contributed by atoms with van der Waals surface area (Å²) in [4.78, 5) is 25.2. The summed E-state index contributed by atoms with van der Waals surface area (Å²) in [6, 6.07) is 2.99. The molecule has 1 heterocycles. The summed E-state index contributed by atoms with van der Waals surface area (Å²) in [5.41, 5.74) is 5.22. The van der Waals surface area contributed by atoms with Crippen LogP contribution in [0.25, 0.3) is 0 Å². The molecule has 1 aliphatic heterocycles. The Morgan fingerprint density at radius 1 is 1.45 bits per heavy atom. The number of hydrogen-bond donors (Lipinski definition) is 2. The highest BCUT2D eigenvalue weighted by molar-refractivity contribution is 6.00. The number of benzene rings is 1. The predicted molar refractivity (Wildman–Crippen MR) is 78.1 cm³/mol. The van der Waals surface area contributed by atoms with Gasteiger partial charge in [0.25, 0.3) is 0 Å². The summed E-state index contributed by atoms with van der Waals surface area (Å²) in [5.74, 6) is -2.77. The van der Waals surface area contributed by atoms with Gasteiger partial charge in [0.1, 0.15) is 11.6 Å². The van der Waals surface area contributed by atoms with Gasteiger partial charge >= 0.3 is 0 Å². The average Bonchev–Trinajstić information content (AvgIpc) is 2.77. The van der Waals surface area contributed by atoms with E-state index in [9.17, 15) is 18.4 Å². The number of rotatable bonds is 4. The van der Waals surface area contributed by atoms with Crippen molar-refractivity contribution >= 4 is 17.5 Å². The zero-order valence-corrected chi connectivity index (χ0v) is 12.5. The summed E-state index contributed by atoms with van der Waals surface area (Å²) in [7, 11) is 0. The molecule has 0 aromatic heterocycles. The smallest absolute Gasteiger partial charge is 0.227 e. The van der Waals surface area contributed by atoms with Crippen LogP contribution in [0.5, 0.6) is 0 Å². The first kappa shape index (κ1) is 16.4. The predicted octanol–water partition coefficient (Wildman–Crippen LogP) is 1.17. The van der Waals surface area contributed by atoms with Crippen LogP contribution in [-0.4, -0.2) is 30.4 Å². The second-order valence-corrected chi connectivity index (χ2v) is 6.21. The topological polar surface area (TPSA) is 75.4 Å². The van der Waals surface area contributed by atoms with Crippen molar-refractivity contribution in [2.45, 2.75) is 25.8 Å². The second kappa shape index (κ2) is 6.00. The van der Waals surface area contributed by atoms with E-state index in [0.717, 1.165) is 6.07 Å². The fourth-order valence-electron chi connectivity index (χ4n) is 2.28. The summed E-state index contributed by atoms with van der Waals surface area (Å²) in [6.07, 6.45) is -0.00630. The van der Waals surface area contributed by atoms with Crippen molar-refractivity contribution in [3.63, 3.8) is 0 Å². The number of carbonyl (C=O) groups is 2. The van der Waals surface area contributed by atoms with E-state index in [4.69, 9.17) is 5.73 Å². The molecule has 1 aliphatic rings. The van der Waals surface area contributed by atoms with Crippen LogP contribution in [0.3, 0.4) is 0 Å². The number of amides is 2. The SMILES string of the molecule is CC(C)(N)CNC(=O)C1CC(=O)N(c2ccc(F)cc2F)C1. The highest BCUT2D eigenvalue weighted by atomic mass is 19.1. The molecular weight excluding hydrogens is 292 g/mol. The van der Waals surface area contributed by atoms with Gasteiger partial charge in [-0.3, -0.25) is 9.59 Å². The molecule has 22 heavy (non-hydrogen) atoms. The molecule has 2 rings (SSSR count). The van der Waals surface area contributed by atoms with Crippen LogP contribution >= 0.6 is 0 Å². The Balaban J connectivity index is 2.06. The number of halogens is 2. The van der Waals surface area contributed by atoms with Gasteiger partial charge in [-0.25, -0.2) is 8.78 Å². The maximum Gasteiger partial charge on any atom is 0.227 e. The standard InChI is InChI=1S/C15H19F2N3O2/c1-15(2,18)8-19-14(22)9-5-13(21)20(7-9)12-4-3-10(16)6-11(12)17/h3-4,6,9H,5,7-8,18H2,1-2H3,(H,19,22). The Bertz CT molecular complexity index is 599. The van der Waals surface area contributed by atoms with Gasteiger partial charge in [0.05, 0.1) is 11.6 Å². The zero-order valence-electron chi connectivity index (χ0n) is 12.5. The third-order valence-corrected chi connectivity index (χ3v) is 3.41. The number of nitrogens with zero attached hydrogens (tertiary/aromatic N) is 1. The molecule has 1 aromatic carbocycles. The number of nitrogens with two attached hydrogens (primary N) is 1. The van der Waals surface area contributed by atoms with Crippen LogP contribution in [0.2, 0.25) is 0 Å². The van der Waals surface area contributed by atoms with E-state index in [1.54, 1.807) is 13.8 Å². The number of nitrogens with one attached hydrogen (secondary N) is 1. The van der Waals surface area contributed by atoms with Gasteiger partial charge in [0.2, 0.25) is 11.8 Å². The minimum Gasteiger partial charge on any atom is -0.354 e. The molecule has 0 saturated carbocycles. The Hall–Kier alpha value is -2.02. The number of anilines is 1. The van der Waals surface area contributed by atoms with Crippen molar-refractivity contribution in [2.24, 2.45) is 11.7 Å². The van der Waals surface area contributed by atoms with E-state index >= 15 is 0 Å². The molecule has 5 nitrogen and oxygen atoms in total. The van der Waals surface area contributed by atoms with Gasteiger partial charge in [0.15, 0.2) is 0 Å². The van der Waals surface area contributed by atoms with Gasteiger partial charge in [-0.1, -0.05) is 0 Å². The maximum atomic E-state index is 13.8. The molecule has 2 amide bonds. The first-order chi connectivity index (χ1) is 10.2. The van der Waals surface area contributed by atoms with Crippen molar-refractivity contribution in [3.05, 3.63) is 29.8 Å². The molecule has 1 aromatic rings. The van der Waals surface area contributed by atoms with Crippen LogP contribution in [-0.2, 0) is 9.59 Å². The summed E-state index contributed by atoms with van der Waals surface area (Å²) >= 11 is 0. The summed E-state index contributed by atoms with van der Waals surface area (Å²) in [6.45, 7) is 3.89. The number of carbonyl (C=O) groups excluding carboxylic acids is 2. The van der Waals surface area contributed by atoms with Crippen LogP contribution in [0, 0.1) is 17.6 Å². The monoisotopic (exact) mass is 311 g/mol. The minimum atomic E-state index is -0.822. The van der Waals surface area contributed by atoms with Gasteiger partial charge in [-0.15, -0.1) is 0 Å². The quantitative estimate of drug-likeness (QED) is 0.876. The van der Waals surface area contributed by atoms with Gasteiger partial charge in [-0.2, -0.15) is 0 Å². The molecule has 1 saturated heterocycles. The molecule has 1 atom stereocenters. The summed E-state index contributed by atoms with van der Waals surface area (Å²) in [5, 5.41) is 2.68. The third kappa shape index (κ3) is 3.79. The Labute approximate surface area is 127 Å². The van der Waals surface area contributed by atoms with E-state index in [1.807, 2.05) is 0 Å². The highest BCUT2D eigenvalue weighted by Gasteiger charge is 2.36. The third-order valence-electron chi connectivity index (χ3n) is 3.41. The van der Waals surface area contributed by atoms with Crippen molar-refractivity contribution in [1.29, 1.82) is 0 Å². The Kier molecular flexibility index (Phi) is 4.46. The van der Waals surface area contributed by atoms with E-state index in [0.29, 0.717) is 6.07 Å². The van der Waals surface area contributed by atoms with Crippen LogP contribution in [0.15, 0.2) is 18.2 Å². The van der Waals surface area contributed by atoms with Gasteiger partial charge in [-0.05, 0) is 26.0 Å². The lowest BCUT2D eigenvalue weighted by Crippen LogP contribution is -2.46. The lowest BCUT2D eigenvalue weighted by Gasteiger charge is -2.21. The molecule has 0 spiro atoms. The number of hydrogen-bond acceptors (Lipinski definition) is 3. The van der Waals surface area contributed by atoms with Gasteiger partial charge < -0.3 is 16.0 Å². The first-order valence-electron chi connectivity index (χ1n) is 6.99. The van der Waals surface area contributed by atoms with Crippen molar-refractivity contribution in [1.82, 2.24) is 5.32 Å². The molecular formula is C15H19F2N3O2. The molecule has 0 aliphatic carbocycles. The molecule has 1 fully saturated rings. The lowest BCUT2D eigenvalue weighted by molar-refractivity contribution is -0.126. The van der Waals surface area contributed by atoms with E-state index < -0.39 is 23.1 Å². The fraction of sp³-hybridized carbons (Fsp3) is 0.467. The van der Waals surface area contributed by atoms with E-state index in [1.165, 1.54) is 11.0 Å². The molecule has 0 bridgehead atoms. The van der Waals surface area contributed by atoms with E-state index in [2.05, 4.69) is 5.32 Å². The van der Waals surface area contributed by atoms with Crippen LogP contribution < -0.4 is 16.0 Å². The fourth-order valence-corrected chi connectivity index (χ4v) is 2.28. The van der Waals surface area contributed by atoms with Gasteiger partial charge in [0, 0.05) is 31.1 Å². The maximum absolute atomic E-state index is 13.8. The zero-order chi connectivity index (χ0) is 16.5. The minimum absolute atomic E-state index is 0.00630. The highest BCUT2D eigenvalue weighted by Crippen LogP contribution is 2.28. The van der Waals surface area contributed by atoms with Crippen LogP contribution in [0.4, 0.5) is 14.5 Å². The second-order valence-electron chi connectivity index (χ2n) is 6.21. The molecule has 3 N–H and O–H groups in total. The van der Waals surface area contributed by atoms with Crippen molar-refractivity contribution < 1.29 is 18.4 Å². The molecule has 120 valence electrons. The van der Waals surface area contributed by atoms with Crippen LogP contribution in [0.1, 0.15) is 20.3 Å². The molecule has 0 radical (unpaired) electrons. The molecule has 1 unspecified atom stereocenters. The van der Waals surface area contributed by atoms with E-state index in [-0.39, 0.29) is 37.0 Å². The largest absolute Gasteiger partial charge is 0.354 e. The lowest BCUT2D eigenvalue weighted by atomic mass is 10.1.